The number of para-hydroxylation sites is 1. The number of nitrogens with one attached hydrogen (secondary N) is 1. The molecule has 0 spiro atoms. The van der Waals surface area contributed by atoms with Gasteiger partial charge in [-0.3, -0.25) is 9.69 Å². The summed E-state index contributed by atoms with van der Waals surface area (Å²) in [5.74, 6) is 0.343. The van der Waals surface area contributed by atoms with Crippen LogP contribution < -0.4 is 5.32 Å². The van der Waals surface area contributed by atoms with E-state index in [-0.39, 0.29) is 12.5 Å². The first-order valence-electron chi connectivity index (χ1n) is 7.95. The highest BCUT2D eigenvalue weighted by molar-refractivity contribution is 6.39. The molecular formula is C19H17Cl2N3O2. The molecule has 0 saturated heterocycles. The van der Waals surface area contributed by atoms with Gasteiger partial charge in [-0.15, -0.1) is 0 Å². The second-order valence-electron chi connectivity index (χ2n) is 5.83. The molecule has 1 heterocycles. The van der Waals surface area contributed by atoms with E-state index >= 15 is 0 Å². The summed E-state index contributed by atoms with van der Waals surface area (Å²) in [4.78, 5) is 18.5. The van der Waals surface area contributed by atoms with Gasteiger partial charge in [-0.25, -0.2) is 4.98 Å². The average Bonchev–Trinajstić information content (AvgIpc) is 3.07. The number of carbonyl (C=O) groups excluding carboxylic acids is 1. The van der Waals surface area contributed by atoms with E-state index in [1.165, 1.54) is 0 Å². The van der Waals surface area contributed by atoms with Crippen molar-refractivity contribution in [1.29, 1.82) is 0 Å². The fourth-order valence-electron chi connectivity index (χ4n) is 2.47. The van der Waals surface area contributed by atoms with Crippen LogP contribution in [0.15, 0.2) is 59.2 Å². The third-order valence-electron chi connectivity index (χ3n) is 3.65. The van der Waals surface area contributed by atoms with Gasteiger partial charge in [0.1, 0.15) is 6.26 Å². The molecule has 1 amide bonds. The molecule has 134 valence electrons. The molecule has 0 aliphatic heterocycles. The quantitative estimate of drug-likeness (QED) is 0.662. The fraction of sp³-hybridized carbons (Fsp3) is 0.158. The molecule has 0 unspecified atom stereocenters. The summed E-state index contributed by atoms with van der Waals surface area (Å²) in [6.07, 6.45) is 1.60. The van der Waals surface area contributed by atoms with Crippen LogP contribution in [0.2, 0.25) is 10.0 Å². The molecule has 26 heavy (non-hydrogen) atoms. The van der Waals surface area contributed by atoms with Crippen LogP contribution in [0.5, 0.6) is 0 Å². The maximum atomic E-state index is 12.2. The van der Waals surface area contributed by atoms with Crippen LogP contribution in [-0.4, -0.2) is 29.4 Å². The maximum absolute atomic E-state index is 12.2. The van der Waals surface area contributed by atoms with Crippen molar-refractivity contribution in [2.45, 2.75) is 6.54 Å². The third-order valence-corrected chi connectivity index (χ3v) is 4.28. The van der Waals surface area contributed by atoms with E-state index in [1.54, 1.807) is 24.5 Å². The first-order valence-corrected chi connectivity index (χ1v) is 8.71. The minimum absolute atomic E-state index is 0.162. The number of hydrogen-bond acceptors (Lipinski definition) is 4. The Morgan fingerprint density at radius 2 is 1.81 bits per heavy atom. The number of likely N-dealkylation sites (N-methyl/N-ethyl adjacent to an activating group) is 1. The molecule has 1 N–H and O–H groups in total. The Balaban J connectivity index is 1.58. The lowest BCUT2D eigenvalue weighted by molar-refractivity contribution is -0.117. The van der Waals surface area contributed by atoms with E-state index in [9.17, 15) is 4.79 Å². The van der Waals surface area contributed by atoms with Crippen molar-refractivity contribution in [2.24, 2.45) is 0 Å². The molecule has 3 aromatic rings. The number of nitrogens with zero attached hydrogens (tertiary/aromatic N) is 2. The smallest absolute Gasteiger partial charge is 0.238 e. The van der Waals surface area contributed by atoms with Gasteiger partial charge in [-0.2, -0.15) is 0 Å². The van der Waals surface area contributed by atoms with Crippen molar-refractivity contribution >= 4 is 34.8 Å². The molecule has 3 rings (SSSR count). The topological polar surface area (TPSA) is 58.4 Å². The minimum Gasteiger partial charge on any atom is -0.444 e. The zero-order chi connectivity index (χ0) is 18.5. The molecule has 2 aromatic carbocycles. The molecule has 0 fully saturated rings. The number of carbonyl (C=O) groups is 1. The van der Waals surface area contributed by atoms with Crippen LogP contribution in [0, 0.1) is 0 Å². The number of anilines is 1. The molecule has 0 aliphatic rings. The van der Waals surface area contributed by atoms with Crippen molar-refractivity contribution in [3.8, 4) is 11.5 Å². The summed E-state index contributed by atoms with van der Waals surface area (Å²) in [6.45, 7) is 0.634. The van der Waals surface area contributed by atoms with Crippen LogP contribution in [0.4, 0.5) is 5.69 Å². The van der Waals surface area contributed by atoms with Gasteiger partial charge < -0.3 is 9.73 Å². The Bertz CT molecular complexity index is 877. The van der Waals surface area contributed by atoms with Crippen molar-refractivity contribution in [3.63, 3.8) is 0 Å². The number of halogens is 2. The van der Waals surface area contributed by atoms with E-state index in [0.29, 0.717) is 28.2 Å². The number of aromatic nitrogens is 1. The average molecular weight is 390 g/mol. The van der Waals surface area contributed by atoms with Crippen LogP contribution in [0.1, 0.15) is 5.69 Å². The molecular weight excluding hydrogens is 373 g/mol. The Morgan fingerprint density at radius 3 is 2.50 bits per heavy atom. The number of amides is 1. The monoisotopic (exact) mass is 389 g/mol. The van der Waals surface area contributed by atoms with Gasteiger partial charge in [-0.05, 0) is 31.3 Å². The Labute approximate surface area is 161 Å². The van der Waals surface area contributed by atoms with Crippen LogP contribution in [0.25, 0.3) is 11.5 Å². The highest BCUT2D eigenvalue weighted by atomic mass is 35.5. The van der Waals surface area contributed by atoms with E-state index in [0.717, 1.165) is 11.3 Å². The number of oxazole rings is 1. The number of rotatable bonds is 6. The van der Waals surface area contributed by atoms with E-state index in [1.807, 2.05) is 42.3 Å². The lowest BCUT2D eigenvalue weighted by Crippen LogP contribution is -2.30. The van der Waals surface area contributed by atoms with Crippen molar-refractivity contribution in [1.82, 2.24) is 9.88 Å². The normalized spacial score (nSPS) is 10.9. The van der Waals surface area contributed by atoms with Crippen molar-refractivity contribution in [2.75, 3.05) is 18.9 Å². The van der Waals surface area contributed by atoms with Gasteiger partial charge in [-0.1, -0.05) is 47.5 Å². The first-order chi connectivity index (χ1) is 12.5. The fourth-order valence-corrected chi connectivity index (χ4v) is 2.96. The molecule has 0 bridgehead atoms. The predicted molar refractivity (Wildman–Crippen MR) is 103 cm³/mol. The Morgan fingerprint density at radius 1 is 1.12 bits per heavy atom. The van der Waals surface area contributed by atoms with Crippen molar-refractivity contribution in [3.05, 3.63) is 70.5 Å². The van der Waals surface area contributed by atoms with E-state index in [2.05, 4.69) is 10.3 Å². The van der Waals surface area contributed by atoms with E-state index in [4.69, 9.17) is 27.6 Å². The predicted octanol–water partition coefficient (Wildman–Crippen LogP) is 4.72. The van der Waals surface area contributed by atoms with Gasteiger partial charge in [0.05, 0.1) is 28.0 Å². The Hall–Kier alpha value is -2.34. The summed E-state index contributed by atoms with van der Waals surface area (Å²) in [5, 5.41) is 3.54. The zero-order valence-corrected chi connectivity index (χ0v) is 15.6. The molecule has 0 atom stereocenters. The number of benzene rings is 2. The minimum atomic E-state index is -0.214. The molecule has 0 saturated carbocycles. The summed E-state index contributed by atoms with van der Waals surface area (Å²) >= 11 is 12.1. The largest absolute Gasteiger partial charge is 0.444 e. The zero-order valence-electron chi connectivity index (χ0n) is 14.1. The van der Waals surface area contributed by atoms with Gasteiger partial charge in [0.2, 0.25) is 11.8 Å². The van der Waals surface area contributed by atoms with Crippen LogP contribution in [0.3, 0.4) is 0 Å². The van der Waals surface area contributed by atoms with E-state index < -0.39 is 0 Å². The summed E-state index contributed by atoms with van der Waals surface area (Å²) in [7, 11) is 1.82. The molecule has 5 nitrogen and oxygen atoms in total. The van der Waals surface area contributed by atoms with Gasteiger partial charge in [0.25, 0.3) is 0 Å². The highest BCUT2D eigenvalue weighted by Gasteiger charge is 2.13. The van der Waals surface area contributed by atoms with Gasteiger partial charge >= 0.3 is 0 Å². The Kier molecular flexibility index (Phi) is 5.93. The lowest BCUT2D eigenvalue weighted by atomic mass is 10.2. The highest BCUT2D eigenvalue weighted by Crippen LogP contribution is 2.29. The molecule has 7 heteroatoms. The standard InChI is InChI=1S/C19H17Cl2N3O2/c1-24(11-17(25)23-18-15(20)8-5-9-16(18)21)10-14-12-26-19(22-14)13-6-3-2-4-7-13/h2-9,12H,10-11H2,1H3,(H,23,25). The third kappa shape index (κ3) is 4.64. The summed E-state index contributed by atoms with van der Waals surface area (Å²) < 4.78 is 5.51. The SMILES string of the molecule is CN(CC(=O)Nc1c(Cl)cccc1Cl)Cc1coc(-c2ccccc2)n1. The summed E-state index contributed by atoms with van der Waals surface area (Å²) in [6, 6.07) is 14.7. The molecule has 1 aromatic heterocycles. The van der Waals surface area contributed by atoms with Gasteiger partial charge in [0.15, 0.2) is 0 Å². The number of hydrogen-bond donors (Lipinski definition) is 1. The molecule has 0 radical (unpaired) electrons. The maximum Gasteiger partial charge on any atom is 0.238 e. The van der Waals surface area contributed by atoms with Crippen LogP contribution in [-0.2, 0) is 11.3 Å². The summed E-state index contributed by atoms with van der Waals surface area (Å²) in [5.41, 5.74) is 2.07. The molecule has 0 aliphatic carbocycles. The van der Waals surface area contributed by atoms with Gasteiger partial charge in [0, 0.05) is 12.1 Å². The van der Waals surface area contributed by atoms with Crippen LogP contribution >= 0.6 is 23.2 Å². The second-order valence-corrected chi connectivity index (χ2v) is 6.64. The van der Waals surface area contributed by atoms with Crippen molar-refractivity contribution < 1.29 is 9.21 Å². The first kappa shape index (κ1) is 18.5. The second kappa shape index (κ2) is 8.36. The lowest BCUT2D eigenvalue weighted by Gasteiger charge is -2.15.